The van der Waals surface area contributed by atoms with E-state index < -0.39 is 29.0 Å². The van der Waals surface area contributed by atoms with E-state index in [1.54, 1.807) is 6.07 Å². The van der Waals surface area contributed by atoms with Crippen LogP contribution in [-0.2, 0) is 0 Å². The average molecular weight is 327 g/mol. The third kappa shape index (κ3) is 1.96. The summed E-state index contributed by atoms with van der Waals surface area (Å²) < 4.78 is 32.6. The summed E-state index contributed by atoms with van der Waals surface area (Å²) in [5.41, 5.74) is 0.207. The van der Waals surface area contributed by atoms with Crippen LogP contribution in [0.1, 0.15) is 27.7 Å². The number of amides is 1. The highest BCUT2D eigenvalue weighted by Crippen LogP contribution is 2.37. The summed E-state index contributed by atoms with van der Waals surface area (Å²) in [6.07, 6.45) is 0. The zero-order valence-electron chi connectivity index (χ0n) is 12.5. The Balaban J connectivity index is 2.05. The van der Waals surface area contributed by atoms with E-state index in [-0.39, 0.29) is 22.3 Å². The van der Waals surface area contributed by atoms with Gasteiger partial charge in [0.25, 0.3) is 5.91 Å². The fourth-order valence-corrected chi connectivity index (χ4v) is 3.13. The van der Waals surface area contributed by atoms with E-state index in [1.807, 2.05) is 0 Å². The Morgan fingerprint density at radius 3 is 2.54 bits per heavy atom. The molecule has 1 aromatic heterocycles. The predicted octanol–water partition coefficient (Wildman–Crippen LogP) is 3.25. The maximum absolute atomic E-state index is 13.6. The van der Waals surface area contributed by atoms with Gasteiger partial charge in [-0.25, -0.2) is 8.78 Å². The van der Waals surface area contributed by atoms with Gasteiger partial charge in [0, 0.05) is 7.05 Å². The molecule has 1 atom stereocenters. The minimum atomic E-state index is -0.771. The Labute approximate surface area is 134 Å². The molecule has 0 saturated heterocycles. The highest BCUT2D eigenvalue weighted by atomic mass is 19.1. The summed E-state index contributed by atoms with van der Waals surface area (Å²) in [6, 6.07) is 8.45. The van der Waals surface area contributed by atoms with Crippen LogP contribution in [0.25, 0.3) is 11.0 Å². The van der Waals surface area contributed by atoms with E-state index >= 15 is 0 Å². The first-order valence-corrected chi connectivity index (χ1v) is 7.26. The number of rotatable bonds is 1. The van der Waals surface area contributed by atoms with Crippen LogP contribution in [-0.4, -0.2) is 17.9 Å². The van der Waals surface area contributed by atoms with Gasteiger partial charge in [0.15, 0.2) is 5.43 Å². The number of fused-ring (bicyclic) bond motifs is 2. The van der Waals surface area contributed by atoms with Crippen molar-refractivity contribution in [2.45, 2.75) is 6.04 Å². The van der Waals surface area contributed by atoms with Gasteiger partial charge in [-0.1, -0.05) is 12.1 Å². The fraction of sp³-hybridized carbons (Fsp3) is 0.111. The minimum absolute atomic E-state index is 0.0539. The third-order valence-electron chi connectivity index (χ3n) is 4.23. The van der Waals surface area contributed by atoms with Crippen molar-refractivity contribution in [2.24, 2.45) is 0 Å². The van der Waals surface area contributed by atoms with Crippen molar-refractivity contribution in [1.29, 1.82) is 0 Å². The summed E-state index contributed by atoms with van der Waals surface area (Å²) in [5, 5.41) is 0.0539. The van der Waals surface area contributed by atoms with Crippen molar-refractivity contribution >= 4 is 16.9 Å². The maximum atomic E-state index is 13.6. The first kappa shape index (κ1) is 14.6. The molecule has 0 N–H and O–H groups in total. The summed E-state index contributed by atoms with van der Waals surface area (Å²) in [4.78, 5) is 26.6. The average Bonchev–Trinajstić information content (AvgIpc) is 2.81. The van der Waals surface area contributed by atoms with Crippen LogP contribution in [0.4, 0.5) is 8.78 Å². The van der Waals surface area contributed by atoms with Crippen LogP contribution in [0.2, 0.25) is 0 Å². The van der Waals surface area contributed by atoms with E-state index in [9.17, 15) is 18.4 Å². The number of hydrogen-bond acceptors (Lipinski definition) is 3. The second-order valence-corrected chi connectivity index (χ2v) is 5.69. The molecule has 4 nitrogen and oxygen atoms in total. The molecule has 1 aliphatic rings. The molecule has 3 aromatic rings. The van der Waals surface area contributed by atoms with Gasteiger partial charge < -0.3 is 9.32 Å². The smallest absolute Gasteiger partial charge is 0.290 e. The van der Waals surface area contributed by atoms with Gasteiger partial charge in [0.1, 0.15) is 17.2 Å². The predicted molar refractivity (Wildman–Crippen MR) is 82.8 cm³/mol. The number of halogens is 2. The molecular weight excluding hydrogens is 316 g/mol. The lowest BCUT2D eigenvalue weighted by Crippen LogP contribution is -2.25. The topological polar surface area (TPSA) is 50.5 Å². The lowest BCUT2D eigenvalue weighted by atomic mass is 9.99. The maximum Gasteiger partial charge on any atom is 0.290 e. The van der Waals surface area contributed by atoms with Gasteiger partial charge in [-0.15, -0.1) is 0 Å². The quantitative estimate of drug-likeness (QED) is 0.689. The Kier molecular flexibility index (Phi) is 3.03. The lowest BCUT2D eigenvalue weighted by molar-refractivity contribution is 0.0771. The summed E-state index contributed by atoms with van der Waals surface area (Å²) in [6.45, 7) is 0. The Morgan fingerprint density at radius 2 is 1.79 bits per heavy atom. The summed E-state index contributed by atoms with van der Waals surface area (Å²) in [7, 11) is 1.51. The molecule has 0 saturated carbocycles. The highest BCUT2D eigenvalue weighted by molar-refractivity contribution is 5.98. The van der Waals surface area contributed by atoms with Crippen molar-refractivity contribution < 1.29 is 18.0 Å². The van der Waals surface area contributed by atoms with Crippen LogP contribution in [0.15, 0.2) is 51.7 Å². The van der Waals surface area contributed by atoms with Crippen molar-refractivity contribution in [3.63, 3.8) is 0 Å². The van der Waals surface area contributed by atoms with Crippen LogP contribution in [0, 0.1) is 11.6 Å². The Hall–Kier alpha value is -3.02. The number of carbonyl (C=O) groups is 1. The van der Waals surface area contributed by atoms with E-state index in [0.29, 0.717) is 5.56 Å². The molecule has 0 spiro atoms. The standard InChI is InChI=1S/C18H11F2NO3/c1-21-15(9-3-2-4-10(19)7-9)14-16(22)12-8-11(20)5-6-13(12)24-17(14)18(21)23/h2-8,15H,1H3/t15-/m0/s1. The van der Waals surface area contributed by atoms with Crippen LogP contribution < -0.4 is 5.43 Å². The van der Waals surface area contributed by atoms with E-state index in [1.165, 1.54) is 36.2 Å². The van der Waals surface area contributed by atoms with Crippen molar-refractivity contribution in [2.75, 3.05) is 7.05 Å². The van der Waals surface area contributed by atoms with Gasteiger partial charge in [-0.05, 0) is 35.9 Å². The normalized spacial score (nSPS) is 16.7. The molecule has 0 unspecified atom stereocenters. The molecule has 2 aromatic carbocycles. The van der Waals surface area contributed by atoms with Gasteiger partial charge in [0.2, 0.25) is 5.76 Å². The Bertz CT molecular complexity index is 1060. The van der Waals surface area contributed by atoms with Gasteiger partial charge >= 0.3 is 0 Å². The van der Waals surface area contributed by atoms with Gasteiger partial charge in [0.05, 0.1) is 17.0 Å². The molecular formula is C18H11F2NO3. The SMILES string of the molecule is CN1C(=O)c2oc3ccc(F)cc3c(=O)c2[C@@H]1c1cccc(F)c1. The molecule has 1 aliphatic heterocycles. The first-order chi connectivity index (χ1) is 11.5. The molecule has 24 heavy (non-hydrogen) atoms. The molecule has 0 aliphatic carbocycles. The molecule has 2 heterocycles. The second-order valence-electron chi connectivity index (χ2n) is 5.69. The molecule has 1 amide bonds. The molecule has 120 valence electrons. The van der Waals surface area contributed by atoms with Gasteiger partial charge in [-0.3, -0.25) is 9.59 Å². The number of benzene rings is 2. The number of nitrogens with zero attached hydrogens (tertiary/aromatic N) is 1. The first-order valence-electron chi connectivity index (χ1n) is 7.26. The summed E-state index contributed by atoms with van der Waals surface area (Å²) in [5.74, 6) is -1.61. The second kappa shape index (κ2) is 4.99. The van der Waals surface area contributed by atoms with E-state index in [0.717, 1.165) is 12.1 Å². The fourth-order valence-electron chi connectivity index (χ4n) is 3.13. The Morgan fingerprint density at radius 1 is 1.04 bits per heavy atom. The number of carbonyl (C=O) groups excluding carboxylic acids is 1. The van der Waals surface area contributed by atoms with Crippen LogP contribution in [0.5, 0.6) is 0 Å². The monoisotopic (exact) mass is 327 g/mol. The van der Waals surface area contributed by atoms with E-state index in [2.05, 4.69) is 0 Å². The van der Waals surface area contributed by atoms with E-state index in [4.69, 9.17) is 4.42 Å². The third-order valence-corrected chi connectivity index (χ3v) is 4.23. The molecule has 4 rings (SSSR count). The largest absolute Gasteiger partial charge is 0.450 e. The molecule has 0 bridgehead atoms. The van der Waals surface area contributed by atoms with Crippen molar-refractivity contribution in [3.8, 4) is 0 Å². The van der Waals surface area contributed by atoms with Crippen molar-refractivity contribution in [3.05, 3.63) is 81.2 Å². The minimum Gasteiger partial charge on any atom is -0.450 e. The lowest BCUT2D eigenvalue weighted by Gasteiger charge is -2.20. The van der Waals surface area contributed by atoms with Crippen molar-refractivity contribution in [1.82, 2.24) is 4.90 Å². The molecule has 6 heteroatoms. The highest BCUT2D eigenvalue weighted by Gasteiger charge is 2.40. The zero-order valence-corrected chi connectivity index (χ0v) is 12.5. The van der Waals surface area contributed by atoms with Gasteiger partial charge in [-0.2, -0.15) is 0 Å². The summed E-state index contributed by atoms with van der Waals surface area (Å²) >= 11 is 0. The zero-order chi connectivity index (χ0) is 17.0. The number of hydrogen-bond donors (Lipinski definition) is 0. The van der Waals surface area contributed by atoms with Crippen LogP contribution >= 0.6 is 0 Å². The molecule has 0 fully saturated rings. The molecule has 0 radical (unpaired) electrons. The van der Waals surface area contributed by atoms with Crippen LogP contribution in [0.3, 0.4) is 0 Å².